The van der Waals surface area contributed by atoms with Crippen molar-refractivity contribution in [3.05, 3.63) is 28.7 Å². The summed E-state index contributed by atoms with van der Waals surface area (Å²) in [4.78, 5) is 24.3. The first-order valence-corrected chi connectivity index (χ1v) is 5.37. The second-order valence-corrected chi connectivity index (χ2v) is 3.79. The molecule has 1 aromatic carbocycles. The van der Waals surface area contributed by atoms with Crippen LogP contribution in [0.3, 0.4) is 0 Å². The van der Waals surface area contributed by atoms with Gasteiger partial charge < -0.3 is 20.2 Å². The van der Waals surface area contributed by atoms with Crippen molar-refractivity contribution in [3.63, 3.8) is 0 Å². The van der Waals surface area contributed by atoms with Crippen LogP contribution in [0.1, 0.15) is 0 Å². The summed E-state index contributed by atoms with van der Waals surface area (Å²) in [5.74, 6) is -1.44. The van der Waals surface area contributed by atoms with Crippen LogP contribution in [-0.4, -0.2) is 35.7 Å². The monoisotopic (exact) mass is 251 g/mol. The number of carboxylic acids is 1. The lowest BCUT2D eigenvalue weighted by Crippen LogP contribution is -2.39. The van der Waals surface area contributed by atoms with E-state index in [0.29, 0.717) is 16.8 Å². The Morgan fingerprint density at radius 1 is 1.56 bits per heavy atom. The molecule has 0 amide bonds. The first-order chi connectivity index (χ1) is 8.60. The molecular formula is C11H13N3O4. The van der Waals surface area contributed by atoms with E-state index < -0.39 is 17.8 Å². The van der Waals surface area contributed by atoms with Gasteiger partial charge in [-0.25, -0.2) is 4.79 Å². The van der Waals surface area contributed by atoms with Gasteiger partial charge >= 0.3 is 11.7 Å². The zero-order valence-corrected chi connectivity index (χ0v) is 9.69. The number of nitrogens with one attached hydrogen (secondary N) is 3. The van der Waals surface area contributed by atoms with Crippen LogP contribution >= 0.6 is 0 Å². The molecule has 2 aromatic rings. The Bertz CT molecular complexity index is 616. The van der Waals surface area contributed by atoms with Gasteiger partial charge in [-0.15, -0.1) is 0 Å². The summed E-state index contributed by atoms with van der Waals surface area (Å²) in [6.45, 7) is 0.228. The fourth-order valence-electron chi connectivity index (χ4n) is 1.59. The normalized spacial score (nSPS) is 12.5. The maximum absolute atomic E-state index is 11.0. The molecule has 0 saturated carbocycles. The number of carbonyl (C=O) groups is 1. The highest BCUT2D eigenvalue weighted by Gasteiger charge is 2.14. The average molecular weight is 251 g/mol. The highest BCUT2D eigenvalue weighted by molar-refractivity contribution is 5.77. The van der Waals surface area contributed by atoms with Crippen molar-refractivity contribution in [3.8, 4) is 0 Å². The standard InChI is InChI=1S/C11H13N3O4/c1-12-8(10(15)16)5-13-6-2-3-7-9(4-6)18-11(17)14-7/h2-4,8,12-13H,5H2,1H3,(H,14,17)(H,15,16). The van der Waals surface area contributed by atoms with Gasteiger partial charge in [-0.1, -0.05) is 0 Å². The van der Waals surface area contributed by atoms with Crippen molar-refractivity contribution in [1.29, 1.82) is 0 Å². The SMILES string of the molecule is CNC(CNc1ccc2[nH]c(=O)oc2c1)C(=O)O. The number of aliphatic carboxylic acids is 1. The van der Waals surface area contributed by atoms with Gasteiger partial charge in [-0.3, -0.25) is 9.78 Å². The van der Waals surface area contributed by atoms with Crippen LogP contribution in [0.5, 0.6) is 0 Å². The van der Waals surface area contributed by atoms with Crippen LogP contribution in [0.2, 0.25) is 0 Å². The minimum Gasteiger partial charge on any atom is -0.480 e. The Labute approximate surface area is 102 Å². The van der Waals surface area contributed by atoms with E-state index in [2.05, 4.69) is 15.6 Å². The van der Waals surface area contributed by atoms with Crippen molar-refractivity contribution in [2.45, 2.75) is 6.04 Å². The molecule has 96 valence electrons. The number of hydrogen-bond acceptors (Lipinski definition) is 5. The number of H-pyrrole nitrogens is 1. The summed E-state index contributed by atoms with van der Waals surface area (Å²) < 4.78 is 4.91. The Kier molecular flexibility index (Phi) is 3.33. The van der Waals surface area contributed by atoms with Crippen molar-refractivity contribution < 1.29 is 14.3 Å². The lowest BCUT2D eigenvalue weighted by molar-refractivity contribution is -0.138. The molecule has 2 rings (SSSR count). The van der Waals surface area contributed by atoms with E-state index in [4.69, 9.17) is 9.52 Å². The zero-order valence-electron chi connectivity index (χ0n) is 9.69. The number of anilines is 1. The van der Waals surface area contributed by atoms with Crippen LogP contribution in [0.4, 0.5) is 5.69 Å². The second kappa shape index (κ2) is 4.92. The molecule has 1 unspecified atom stereocenters. The van der Waals surface area contributed by atoms with Gasteiger partial charge in [-0.05, 0) is 19.2 Å². The molecular weight excluding hydrogens is 238 g/mol. The number of rotatable bonds is 5. The number of hydrogen-bond donors (Lipinski definition) is 4. The van der Waals surface area contributed by atoms with Gasteiger partial charge in [0.05, 0.1) is 5.52 Å². The molecule has 18 heavy (non-hydrogen) atoms. The minimum atomic E-state index is -0.931. The molecule has 0 bridgehead atoms. The maximum atomic E-state index is 11.0. The van der Waals surface area contributed by atoms with Crippen molar-refractivity contribution in [1.82, 2.24) is 10.3 Å². The summed E-state index contributed by atoms with van der Waals surface area (Å²) in [5.41, 5.74) is 1.72. The molecule has 0 spiro atoms. The number of oxazole rings is 1. The van der Waals surface area contributed by atoms with E-state index >= 15 is 0 Å². The quantitative estimate of drug-likeness (QED) is 0.605. The largest absolute Gasteiger partial charge is 0.480 e. The molecule has 0 aliphatic carbocycles. The third kappa shape index (κ3) is 2.51. The van der Waals surface area contributed by atoms with Gasteiger partial charge in [0, 0.05) is 18.3 Å². The van der Waals surface area contributed by atoms with Crippen LogP contribution in [0.25, 0.3) is 11.1 Å². The number of benzene rings is 1. The predicted molar refractivity (Wildman–Crippen MR) is 65.8 cm³/mol. The van der Waals surface area contributed by atoms with Crippen LogP contribution < -0.4 is 16.4 Å². The number of aromatic nitrogens is 1. The maximum Gasteiger partial charge on any atom is 0.417 e. The van der Waals surface area contributed by atoms with E-state index in [9.17, 15) is 9.59 Å². The topological polar surface area (TPSA) is 107 Å². The first kappa shape index (κ1) is 12.2. The summed E-state index contributed by atoms with van der Waals surface area (Å²) in [6.07, 6.45) is 0. The number of carboxylic acid groups (broad SMARTS) is 1. The summed E-state index contributed by atoms with van der Waals surface area (Å²) >= 11 is 0. The fraction of sp³-hybridized carbons (Fsp3) is 0.273. The summed E-state index contributed by atoms with van der Waals surface area (Å²) in [6, 6.07) is 4.39. The molecule has 0 radical (unpaired) electrons. The molecule has 4 N–H and O–H groups in total. The van der Waals surface area contributed by atoms with E-state index in [1.807, 2.05) is 0 Å². The molecule has 7 nitrogen and oxygen atoms in total. The van der Waals surface area contributed by atoms with Gasteiger partial charge in [0.25, 0.3) is 0 Å². The number of fused-ring (bicyclic) bond motifs is 1. The second-order valence-electron chi connectivity index (χ2n) is 3.79. The third-order valence-corrected chi connectivity index (χ3v) is 2.58. The molecule has 0 aliphatic heterocycles. The first-order valence-electron chi connectivity index (χ1n) is 5.37. The Balaban J connectivity index is 2.12. The van der Waals surface area contributed by atoms with Crippen LogP contribution in [0.15, 0.2) is 27.4 Å². The minimum absolute atomic E-state index is 0.228. The highest BCUT2D eigenvalue weighted by atomic mass is 16.4. The molecule has 1 atom stereocenters. The fourth-order valence-corrected chi connectivity index (χ4v) is 1.59. The van der Waals surface area contributed by atoms with Gasteiger partial charge in [0.1, 0.15) is 6.04 Å². The number of aromatic amines is 1. The highest BCUT2D eigenvalue weighted by Crippen LogP contribution is 2.16. The van der Waals surface area contributed by atoms with E-state index in [-0.39, 0.29) is 6.54 Å². The molecule has 1 heterocycles. The zero-order chi connectivity index (χ0) is 13.1. The van der Waals surface area contributed by atoms with Crippen LogP contribution in [-0.2, 0) is 4.79 Å². The Morgan fingerprint density at radius 3 is 3.00 bits per heavy atom. The van der Waals surface area contributed by atoms with E-state index in [1.165, 1.54) is 0 Å². The van der Waals surface area contributed by atoms with E-state index in [0.717, 1.165) is 0 Å². The Morgan fingerprint density at radius 2 is 2.33 bits per heavy atom. The average Bonchev–Trinajstić information content (AvgIpc) is 2.68. The lowest BCUT2D eigenvalue weighted by Gasteiger charge is -2.12. The summed E-state index contributed by atoms with van der Waals surface area (Å²) in [7, 11) is 1.58. The molecule has 1 aromatic heterocycles. The number of likely N-dealkylation sites (N-methyl/N-ethyl adjacent to an activating group) is 1. The molecule has 7 heteroatoms. The smallest absolute Gasteiger partial charge is 0.417 e. The molecule has 0 fully saturated rings. The van der Waals surface area contributed by atoms with E-state index in [1.54, 1.807) is 25.2 Å². The van der Waals surface area contributed by atoms with Crippen molar-refractivity contribution in [2.75, 3.05) is 18.9 Å². The van der Waals surface area contributed by atoms with Crippen molar-refractivity contribution >= 4 is 22.8 Å². The third-order valence-electron chi connectivity index (χ3n) is 2.58. The Hall–Kier alpha value is -2.28. The van der Waals surface area contributed by atoms with Gasteiger partial charge in [0.15, 0.2) is 5.58 Å². The van der Waals surface area contributed by atoms with Gasteiger partial charge in [-0.2, -0.15) is 0 Å². The molecule has 0 aliphatic rings. The predicted octanol–water partition coefficient (Wildman–Crippen LogP) is 0.206. The lowest BCUT2D eigenvalue weighted by atomic mass is 10.2. The van der Waals surface area contributed by atoms with Crippen LogP contribution in [0, 0.1) is 0 Å². The van der Waals surface area contributed by atoms with Crippen molar-refractivity contribution in [2.24, 2.45) is 0 Å². The van der Waals surface area contributed by atoms with Gasteiger partial charge in [0.2, 0.25) is 0 Å². The summed E-state index contributed by atoms with van der Waals surface area (Å²) in [5, 5.41) is 14.5. The molecule has 0 saturated heterocycles.